The third-order valence-corrected chi connectivity index (χ3v) is 6.47. The average Bonchev–Trinajstić information content (AvgIpc) is 3.21. The molecule has 0 spiro atoms. The van der Waals surface area contributed by atoms with Gasteiger partial charge in [0, 0.05) is 16.2 Å². The van der Waals surface area contributed by atoms with Crippen LogP contribution in [-0.2, 0) is 11.2 Å². The quantitative estimate of drug-likeness (QED) is 0.500. The maximum Gasteiger partial charge on any atom is 0.123 e. The number of hydrogen-bond donors (Lipinski definition) is 4. The van der Waals surface area contributed by atoms with Crippen LogP contribution < -0.4 is 0 Å². The highest BCUT2D eigenvalue weighted by atomic mass is 32.1. The number of ether oxygens (including phenoxy) is 1. The minimum Gasteiger partial charge on any atom is -0.394 e. The van der Waals surface area contributed by atoms with Gasteiger partial charge in [0.2, 0.25) is 0 Å². The molecule has 1 aliphatic heterocycles. The molecular weight excluding hydrogens is 407 g/mol. The first-order valence-electron chi connectivity index (χ1n) is 9.70. The molecule has 0 radical (unpaired) electrons. The van der Waals surface area contributed by atoms with Crippen LogP contribution in [0, 0.1) is 5.82 Å². The number of thiophene rings is 1. The van der Waals surface area contributed by atoms with E-state index < -0.39 is 37.1 Å². The van der Waals surface area contributed by atoms with Gasteiger partial charge in [-0.3, -0.25) is 0 Å². The normalized spacial score (nSPS) is 26.6. The molecule has 2 heterocycles. The smallest absolute Gasteiger partial charge is 0.123 e. The van der Waals surface area contributed by atoms with E-state index in [1.165, 1.54) is 12.1 Å². The van der Waals surface area contributed by atoms with Crippen molar-refractivity contribution < 1.29 is 29.6 Å². The Bertz CT molecular complexity index is 987. The Morgan fingerprint density at radius 3 is 2.40 bits per heavy atom. The largest absolute Gasteiger partial charge is 0.394 e. The van der Waals surface area contributed by atoms with Crippen LogP contribution in [-0.4, -0.2) is 51.4 Å². The van der Waals surface area contributed by atoms with Crippen molar-refractivity contribution in [2.24, 2.45) is 0 Å². The molecule has 2 aromatic carbocycles. The first-order valence-corrected chi connectivity index (χ1v) is 10.5. The summed E-state index contributed by atoms with van der Waals surface area (Å²) in [5, 5.41) is 39.8. The van der Waals surface area contributed by atoms with Crippen LogP contribution in [0.25, 0.3) is 10.4 Å². The van der Waals surface area contributed by atoms with Gasteiger partial charge in [0.25, 0.3) is 0 Å². The minimum atomic E-state index is -1.40. The standard InChI is InChI=1S/C23H23FO5S/c24-16-6-4-14(5-7-16)19-9-8-17(30-19)11-13-2-1-3-15(10-13)23-22(28)21(27)20(26)18(12-25)29-23/h1-10,18,20-23,25-28H,11-12H2/t18-,20-,21+,22-,23+/m1/s1. The molecule has 5 nitrogen and oxygen atoms in total. The van der Waals surface area contributed by atoms with E-state index in [1.807, 2.05) is 30.3 Å². The Balaban J connectivity index is 1.52. The van der Waals surface area contributed by atoms with E-state index in [9.17, 15) is 24.8 Å². The van der Waals surface area contributed by atoms with Gasteiger partial charge in [-0.1, -0.05) is 36.4 Å². The van der Waals surface area contributed by atoms with Gasteiger partial charge >= 0.3 is 0 Å². The molecule has 1 aromatic heterocycles. The first-order chi connectivity index (χ1) is 14.5. The number of aliphatic hydroxyl groups is 4. The van der Waals surface area contributed by atoms with E-state index in [-0.39, 0.29) is 5.82 Å². The fourth-order valence-electron chi connectivity index (χ4n) is 3.70. The zero-order valence-corrected chi connectivity index (χ0v) is 16.9. The van der Waals surface area contributed by atoms with Gasteiger partial charge in [0.1, 0.15) is 36.3 Å². The lowest BCUT2D eigenvalue weighted by atomic mass is 9.90. The number of halogens is 1. The van der Waals surface area contributed by atoms with Crippen LogP contribution in [0.4, 0.5) is 4.39 Å². The predicted molar refractivity (Wildman–Crippen MR) is 112 cm³/mol. The molecule has 30 heavy (non-hydrogen) atoms. The van der Waals surface area contributed by atoms with Gasteiger partial charge in [-0.15, -0.1) is 11.3 Å². The van der Waals surface area contributed by atoms with Gasteiger partial charge < -0.3 is 25.2 Å². The van der Waals surface area contributed by atoms with Crippen molar-refractivity contribution in [1.82, 2.24) is 0 Å². The molecule has 0 saturated carbocycles. The Kier molecular flexibility index (Phi) is 6.29. The summed E-state index contributed by atoms with van der Waals surface area (Å²) in [6.45, 7) is -0.456. The molecule has 1 fully saturated rings. The molecule has 4 N–H and O–H groups in total. The SMILES string of the molecule is OC[C@H]1O[C@@H](c2cccc(Cc3ccc(-c4ccc(F)cc4)s3)c2)[C@H](O)[C@@H](O)[C@@H]1O. The number of hydrogen-bond acceptors (Lipinski definition) is 6. The van der Waals surface area contributed by atoms with Crippen molar-refractivity contribution in [2.75, 3.05) is 6.61 Å². The number of rotatable bonds is 5. The molecule has 0 unspecified atom stereocenters. The second-order valence-corrected chi connectivity index (χ2v) is 8.61. The summed E-state index contributed by atoms with van der Waals surface area (Å²) >= 11 is 1.62. The van der Waals surface area contributed by atoms with Crippen LogP contribution in [0.15, 0.2) is 60.7 Å². The molecule has 0 aliphatic carbocycles. The molecule has 3 aromatic rings. The summed E-state index contributed by atoms with van der Waals surface area (Å²) in [7, 11) is 0. The highest BCUT2D eigenvalue weighted by molar-refractivity contribution is 7.15. The molecule has 1 saturated heterocycles. The first kappa shape index (κ1) is 21.1. The van der Waals surface area contributed by atoms with Crippen molar-refractivity contribution in [3.63, 3.8) is 0 Å². The number of aliphatic hydroxyl groups excluding tert-OH is 4. The summed E-state index contributed by atoms with van der Waals surface area (Å²) in [5.41, 5.74) is 2.62. The fourth-order valence-corrected chi connectivity index (χ4v) is 4.75. The molecule has 1 aliphatic rings. The third kappa shape index (κ3) is 4.32. The highest BCUT2D eigenvalue weighted by Crippen LogP contribution is 2.34. The Hall–Kier alpha value is -2.13. The van der Waals surface area contributed by atoms with Crippen LogP contribution in [0.3, 0.4) is 0 Å². The fraction of sp³-hybridized carbons (Fsp3) is 0.304. The maximum absolute atomic E-state index is 13.1. The second kappa shape index (κ2) is 8.93. The topological polar surface area (TPSA) is 90.2 Å². The molecule has 0 bridgehead atoms. The van der Waals surface area contributed by atoms with E-state index >= 15 is 0 Å². The van der Waals surface area contributed by atoms with Gasteiger partial charge in [-0.2, -0.15) is 0 Å². The summed E-state index contributed by atoms with van der Waals surface area (Å²) in [4.78, 5) is 2.18. The lowest BCUT2D eigenvalue weighted by Gasteiger charge is -2.40. The Morgan fingerprint density at radius 2 is 1.67 bits per heavy atom. The van der Waals surface area contributed by atoms with Gasteiger partial charge in [-0.25, -0.2) is 4.39 Å². The lowest BCUT2D eigenvalue weighted by Crippen LogP contribution is -2.55. The molecular formula is C23H23FO5S. The molecule has 158 valence electrons. The summed E-state index contributed by atoms with van der Waals surface area (Å²) in [6.07, 6.45) is -5.20. The van der Waals surface area contributed by atoms with Crippen molar-refractivity contribution in [3.05, 3.63) is 82.5 Å². The number of benzene rings is 2. The predicted octanol–water partition coefficient (Wildman–Crippen LogP) is 2.66. The average molecular weight is 430 g/mol. The van der Waals surface area contributed by atoms with Crippen LogP contribution in [0.5, 0.6) is 0 Å². The lowest BCUT2D eigenvalue weighted by molar-refractivity contribution is -0.231. The monoisotopic (exact) mass is 430 g/mol. The van der Waals surface area contributed by atoms with E-state index in [0.29, 0.717) is 12.0 Å². The van der Waals surface area contributed by atoms with E-state index in [1.54, 1.807) is 29.5 Å². The Morgan fingerprint density at radius 1 is 0.900 bits per heavy atom. The third-order valence-electron chi connectivity index (χ3n) is 5.34. The molecule has 5 atom stereocenters. The van der Waals surface area contributed by atoms with Crippen molar-refractivity contribution in [1.29, 1.82) is 0 Å². The summed E-state index contributed by atoms with van der Waals surface area (Å²) < 4.78 is 18.8. The highest BCUT2D eigenvalue weighted by Gasteiger charge is 2.43. The molecule has 0 amide bonds. The molecule has 4 rings (SSSR count). The molecule has 7 heteroatoms. The Labute approximate surface area is 177 Å². The minimum absolute atomic E-state index is 0.263. The van der Waals surface area contributed by atoms with Gasteiger partial charge in [0.15, 0.2) is 0 Å². The van der Waals surface area contributed by atoms with E-state index in [0.717, 1.165) is 20.9 Å². The van der Waals surface area contributed by atoms with Crippen molar-refractivity contribution in [3.8, 4) is 10.4 Å². The van der Waals surface area contributed by atoms with Crippen LogP contribution in [0.2, 0.25) is 0 Å². The second-order valence-electron chi connectivity index (χ2n) is 7.44. The summed E-state index contributed by atoms with van der Waals surface area (Å²) in [5.74, 6) is -0.263. The van der Waals surface area contributed by atoms with E-state index in [2.05, 4.69) is 0 Å². The van der Waals surface area contributed by atoms with E-state index in [4.69, 9.17) is 4.74 Å². The van der Waals surface area contributed by atoms with Crippen LogP contribution in [0.1, 0.15) is 22.1 Å². The maximum atomic E-state index is 13.1. The zero-order valence-electron chi connectivity index (χ0n) is 16.1. The van der Waals surface area contributed by atoms with Gasteiger partial charge in [-0.05, 0) is 41.0 Å². The van der Waals surface area contributed by atoms with Crippen molar-refractivity contribution >= 4 is 11.3 Å². The van der Waals surface area contributed by atoms with Crippen LogP contribution >= 0.6 is 11.3 Å². The summed E-state index contributed by atoms with van der Waals surface area (Å²) in [6, 6.07) is 17.9. The van der Waals surface area contributed by atoms with Crippen molar-refractivity contribution in [2.45, 2.75) is 36.9 Å². The van der Waals surface area contributed by atoms with Gasteiger partial charge in [0.05, 0.1) is 6.61 Å². The zero-order chi connectivity index (χ0) is 21.3.